The Kier molecular flexibility index (Phi) is 4.74. The Morgan fingerprint density at radius 3 is 2.54 bits per heavy atom. The third-order valence-electron chi connectivity index (χ3n) is 2.08. The maximum absolute atomic E-state index is 11.0. The van der Waals surface area contributed by atoms with E-state index in [9.17, 15) is 4.79 Å². The molecule has 0 N–H and O–H groups in total. The smallest absolute Gasteiger partial charge is 0.330 e. The molecule has 1 atom stereocenters. The van der Waals surface area contributed by atoms with Crippen LogP contribution in [0.15, 0.2) is 12.7 Å². The summed E-state index contributed by atoms with van der Waals surface area (Å²) in [4.78, 5) is 11.0. The zero-order valence-corrected chi connectivity index (χ0v) is 9.09. The molecule has 0 saturated carbocycles. The Balaban J connectivity index is 4.06. The van der Waals surface area contributed by atoms with Gasteiger partial charge in [-0.2, -0.15) is 0 Å². The fourth-order valence-corrected chi connectivity index (χ4v) is 1.34. The number of hydrogen-bond acceptors (Lipinski definition) is 2. The van der Waals surface area contributed by atoms with E-state index in [4.69, 9.17) is 4.74 Å². The van der Waals surface area contributed by atoms with Crippen LogP contribution in [0.2, 0.25) is 0 Å². The van der Waals surface area contributed by atoms with E-state index < -0.39 is 0 Å². The molecule has 0 aliphatic carbocycles. The quantitative estimate of drug-likeness (QED) is 0.485. The average Bonchev–Trinajstić information content (AvgIpc) is 2.02. The molecule has 2 heteroatoms. The summed E-state index contributed by atoms with van der Waals surface area (Å²) in [6, 6.07) is 0. The second-order valence-corrected chi connectivity index (χ2v) is 4.10. The minimum absolute atomic E-state index is 0.340. The Morgan fingerprint density at radius 2 is 2.15 bits per heavy atom. The highest BCUT2D eigenvalue weighted by Gasteiger charge is 2.23. The summed E-state index contributed by atoms with van der Waals surface area (Å²) in [5, 5.41) is 0. The minimum atomic E-state index is -0.374. The van der Waals surface area contributed by atoms with E-state index in [1.807, 2.05) is 13.8 Å². The fraction of sp³-hybridized carbons (Fsp3) is 0.727. The topological polar surface area (TPSA) is 26.3 Å². The van der Waals surface area contributed by atoms with Gasteiger partial charge in [0.25, 0.3) is 0 Å². The van der Waals surface area contributed by atoms with Gasteiger partial charge in [0.05, 0.1) is 0 Å². The van der Waals surface area contributed by atoms with E-state index in [0.29, 0.717) is 5.92 Å². The maximum atomic E-state index is 11.0. The highest BCUT2D eigenvalue weighted by atomic mass is 16.6. The van der Waals surface area contributed by atoms with Gasteiger partial charge in [-0.15, -0.1) is 0 Å². The van der Waals surface area contributed by atoms with E-state index in [1.54, 1.807) is 0 Å². The van der Waals surface area contributed by atoms with Gasteiger partial charge in [-0.25, -0.2) is 4.79 Å². The molecule has 0 bridgehead atoms. The van der Waals surface area contributed by atoms with Crippen molar-refractivity contribution in [2.24, 2.45) is 5.92 Å². The van der Waals surface area contributed by atoms with Crippen molar-refractivity contribution in [3.05, 3.63) is 12.7 Å². The summed E-state index contributed by atoms with van der Waals surface area (Å²) in [5.41, 5.74) is -0.374. The van der Waals surface area contributed by atoms with Crippen LogP contribution in [-0.4, -0.2) is 11.6 Å². The Bertz CT molecular complexity index is 183. The molecule has 0 heterocycles. The van der Waals surface area contributed by atoms with Gasteiger partial charge in [0.1, 0.15) is 5.60 Å². The van der Waals surface area contributed by atoms with Crippen molar-refractivity contribution in [1.29, 1.82) is 0 Å². The molecule has 13 heavy (non-hydrogen) atoms. The van der Waals surface area contributed by atoms with E-state index in [2.05, 4.69) is 20.4 Å². The normalized spacial score (nSPS) is 13.5. The van der Waals surface area contributed by atoms with Gasteiger partial charge in [0.2, 0.25) is 0 Å². The van der Waals surface area contributed by atoms with Crippen LogP contribution in [0.4, 0.5) is 0 Å². The first-order valence-corrected chi connectivity index (χ1v) is 4.76. The van der Waals surface area contributed by atoms with Gasteiger partial charge < -0.3 is 4.74 Å². The van der Waals surface area contributed by atoms with Crippen LogP contribution in [0, 0.1) is 5.92 Å². The van der Waals surface area contributed by atoms with Crippen LogP contribution in [0.3, 0.4) is 0 Å². The Morgan fingerprint density at radius 1 is 1.62 bits per heavy atom. The number of carbonyl (C=O) groups is 1. The molecule has 0 rings (SSSR count). The molecule has 0 aromatic carbocycles. The molecule has 0 aliphatic rings. The third kappa shape index (κ3) is 5.45. The third-order valence-corrected chi connectivity index (χ3v) is 2.08. The molecule has 1 unspecified atom stereocenters. The average molecular weight is 184 g/mol. The molecule has 0 aromatic rings. The predicted octanol–water partition coefficient (Wildman–Crippen LogP) is 2.93. The lowest BCUT2D eigenvalue weighted by molar-refractivity contribution is -0.151. The summed E-state index contributed by atoms with van der Waals surface area (Å²) in [6.45, 7) is 11.5. The van der Waals surface area contributed by atoms with E-state index in [1.165, 1.54) is 6.08 Å². The largest absolute Gasteiger partial charge is 0.457 e. The first kappa shape index (κ1) is 12.2. The minimum Gasteiger partial charge on any atom is -0.457 e. The lowest BCUT2D eigenvalue weighted by atomic mass is 9.93. The van der Waals surface area contributed by atoms with Crippen molar-refractivity contribution in [2.75, 3.05) is 0 Å². The number of ether oxygens (including phenoxy) is 1. The van der Waals surface area contributed by atoms with Crippen molar-refractivity contribution in [1.82, 2.24) is 0 Å². The molecule has 0 saturated heterocycles. The summed E-state index contributed by atoms with van der Waals surface area (Å²) in [6.07, 6.45) is 3.20. The number of carbonyl (C=O) groups excluding carboxylic acids is 1. The van der Waals surface area contributed by atoms with Crippen molar-refractivity contribution >= 4 is 5.97 Å². The molecule has 0 fully saturated rings. The first-order chi connectivity index (χ1) is 5.91. The molecule has 0 aliphatic heterocycles. The summed E-state index contributed by atoms with van der Waals surface area (Å²) in [5.74, 6) is 0.237. The Hall–Kier alpha value is -0.790. The highest BCUT2D eigenvalue weighted by molar-refractivity contribution is 5.81. The van der Waals surface area contributed by atoms with Gasteiger partial charge in [-0.05, 0) is 26.2 Å². The van der Waals surface area contributed by atoms with E-state index in [-0.39, 0.29) is 11.6 Å². The molecule has 76 valence electrons. The predicted molar refractivity (Wildman–Crippen MR) is 54.4 cm³/mol. The van der Waals surface area contributed by atoms with Gasteiger partial charge in [-0.1, -0.05) is 26.8 Å². The summed E-state index contributed by atoms with van der Waals surface area (Å²) in [7, 11) is 0. The highest BCUT2D eigenvalue weighted by Crippen LogP contribution is 2.22. The van der Waals surface area contributed by atoms with Crippen molar-refractivity contribution in [3.63, 3.8) is 0 Å². The lowest BCUT2D eigenvalue weighted by Crippen LogP contribution is -2.29. The van der Waals surface area contributed by atoms with E-state index >= 15 is 0 Å². The second kappa shape index (κ2) is 5.05. The first-order valence-electron chi connectivity index (χ1n) is 4.76. The van der Waals surface area contributed by atoms with Crippen molar-refractivity contribution in [3.8, 4) is 0 Å². The van der Waals surface area contributed by atoms with Gasteiger partial charge in [0, 0.05) is 6.08 Å². The monoisotopic (exact) mass is 184 g/mol. The zero-order chi connectivity index (χ0) is 10.5. The molecule has 2 nitrogen and oxygen atoms in total. The number of esters is 1. The molecule has 0 aromatic heterocycles. The number of rotatable bonds is 5. The molecular weight excluding hydrogens is 164 g/mol. The van der Waals surface area contributed by atoms with Gasteiger partial charge in [0.15, 0.2) is 0 Å². The van der Waals surface area contributed by atoms with Crippen LogP contribution in [0.1, 0.15) is 40.5 Å². The summed E-state index contributed by atoms with van der Waals surface area (Å²) >= 11 is 0. The Labute approximate surface area is 81.0 Å². The molecule has 0 radical (unpaired) electrons. The van der Waals surface area contributed by atoms with Crippen LogP contribution >= 0.6 is 0 Å². The van der Waals surface area contributed by atoms with Gasteiger partial charge in [-0.3, -0.25) is 0 Å². The lowest BCUT2D eigenvalue weighted by Gasteiger charge is -2.27. The molecule has 0 spiro atoms. The molecule has 0 amide bonds. The SMILES string of the molecule is C=CC(=O)OC(C)(C)CC(C)CC. The van der Waals surface area contributed by atoms with Crippen LogP contribution in [-0.2, 0) is 9.53 Å². The number of hydrogen-bond donors (Lipinski definition) is 0. The van der Waals surface area contributed by atoms with E-state index in [0.717, 1.165) is 12.8 Å². The van der Waals surface area contributed by atoms with Crippen LogP contribution in [0.25, 0.3) is 0 Å². The zero-order valence-electron chi connectivity index (χ0n) is 9.09. The second-order valence-electron chi connectivity index (χ2n) is 4.10. The summed E-state index contributed by atoms with van der Waals surface area (Å²) < 4.78 is 5.20. The maximum Gasteiger partial charge on any atom is 0.330 e. The van der Waals surface area contributed by atoms with Gasteiger partial charge >= 0.3 is 5.97 Å². The van der Waals surface area contributed by atoms with Crippen LogP contribution < -0.4 is 0 Å². The molecular formula is C11H20O2. The standard InChI is InChI=1S/C11H20O2/c1-6-9(3)8-11(4,5)13-10(12)7-2/h7,9H,2,6,8H2,1,3-5H3. The fourth-order valence-electron chi connectivity index (χ4n) is 1.34. The van der Waals surface area contributed by atoms with Crippen molar-refractivity contribution in [2.45, 2.75) is 46.1 Å². The van der Waals surface area contributed by atoms with Crippen molar-refractivity contribution < 1.29 is 9.53 Å². The van der Waals surface area contributed by atoms with Crippen LogP contribution in [0.5, 0.6) is 0 Å².